The predicted octanol–water partition coefficient (Wildman–Crippen LogP) is 3.40. The van der Waals surface area contributed by atoms with Crippen molar-refractivity contribution in [3.05, 3.63) is 45.5 Å². The highest BCUT2D eigenvalue weighted by Crippen LogP contribution is 2.35. The molecule has 1 aliphatic rings. The molecule has 0 aliphatic carbocycles. The number of H-pyrrole nitrogens is 1. The van der Waals surface area contributed by atoms with Crippen LogP contribution in [0.15, 0.2) is 18.2 Å². The van der Waals surface area contributed by atoms with Crippen LogP contribution in [0.25, 0.3) is 0 Å². The number of amides is 1. The van der Waals surface area contributed by atoms with E-state index in [1.807, 2.05) is 12.1 Å². The second-order valence-electron chi connectivity index (χ2n) is 5.07. The number of aromatic nitrogens is 3. The lowest BCUT2D eigenvalue weighted by atomic mass is 10.0. The van der Waals surface area contributed by atoms with Crippen LogP contribution in [-0.4, -0.2) is 32.5 Å². The number of aromatic amines is 1. The summed E-state index contributed by atoms with van der Waals surface area (Å²) < 4.78 is 0. The number of aryl methyl sites for hydroxylation is 1. The molecule has 1 aliphatic heterocycles. The summed E-state index contributed by atoms with van der Waals surface area (Å²) in [6.07, 6.45) is 1.84. The molecule has 1 amide bonds. The van der Waals surface area contributed by atoms with Crippen LogP contribution in [0.4, 0.5) is 0 Å². The van der Waals surface area contributed by atoms with Gasteiger partial charge in [0.1, 0.15) is 5.82 Å². The van der Waals surface area contributed by atoms with Crippen molar-refractivity contribution in [3.63, 3.8) is 0 Å². The highest BCUT2D eigenvalue weighted by molar-refractivity contribution is 6.42. The van der Waals surface area contributed by atoms with Crippen LogP contribution in [0.5, 0.6) is 0 Å². The molecule has 2 aromatic rings. The summed E-state index contributed by atoms with van der Waals surface area (Å²) in [6, 6.07) is 5.49. The summed E-state index contributed by atoms with van der Waals surface area (Å²) in [4.78, 5) is 18.4. The van der Waals surface area contributed by atoms with Crippen LogP contribution >= 0.6 is 23.2 Å². The van der Waals surface area contributed by atoms with E-state index in [1.54, 1.807) is 17.9 Å². The molecule has 0 radical (unpaired) electrons. The summed E-state index contributed by atoms with van der Waals surface area (Å²) in [5, 5.41) is 7.66. The topological polar surface area (TPSA) is 61.9 Å². The van der Waals surface area contributed by atoms with E-state index in [1.165, 1.54) is 0 Å². The highest BCUT2D eigenvalue weighted by Gasteiger charge is 2.32. The maximum Gasteiger partial charge on any atom is 0.294 e. The molecule has 1 atom stereocenters. The van der Waals surface area contributed by atoms with Crippen molar-refractivity contribution < 1.29 is 4.79 Å². The zero-order chi connectivity index (χ0) is 15.0. The molecule has 3 rings (SSSR count). The molecule has 1 fully saturated rings. The first-order chi connectivity index (χ1) is 10.1. The molecule has 1 N–H and O–H groups in total. The lowest BCUT2D eigenvalue weighted by Crippen LogP contribution is -2.31. The van der Waals surface area contributed by atoms with Gasteiger partial charge in [0.25, 0.3) is 5.91 Å². The maximum atomic E-state index is 12.5. The molecule has 5 nitrogen and oxygen atoms in total. The van der Waals surface area contributed by atoms with Crippen molar-refractivity contribution in [1.82, 2.24) is 20.1 Å². The molecule has 7 heteroatoms. The number of halogens is 2. The number of hydrogen-bond acceptors (Lipinski definition) is 3. The van der Waals surface area contributed by atoms with Gasteiger partial charge < -0.3 is 4.90 Å². The number of carbonyl (C=O) groups excluding carboxylic acids is 1. The maximum absolute atomic E-state index is 12.5. The Hall–Kier alpha value is -1.59. The number of hydrogen-bond donors (Lipinski definition) is 1. The van der Waals surface area contributed by atoms with Gasteiger partial charge in [0.15, 0.2) is 0 Å². The quantitative estimate of drug-likeness (QED) is 0.920. The number of likely N-dealkylation sites (tertiary alicyclic amines) is 1. The Morgan fingerprint density at radius 1 is 1.38 bits per heavy atom. The Bertz CT molecular complexity index is 685. The van der Waals surface area contributed by atoms with Crippen molar-refractivity contribution in [2.45, 2.75) is 25.8 Å². The Morgan fingerprint density at radius 2 is 2.19 bits per heavy atom. The molecule has 0 saturated carbocycles. The van der Waals surface area contributed by atoms with Crippen LogP contribution in [0, 0.1) is 6.92 Å². The van der Waals surface area contributed by atoms with Gasteiger partial charge in [-0.15, -0.1) is 5.10 Å². The van der Waals surface area contributed by atoms with Gasteiger partial charge in [0.05, 0.1) is 16.1 Å². The van der Waals surface area contributed by atoms with Gasteiger partial charge in [0, 0.05) is 6.54 Å². The fourth-order valence-electron chi connectivity index (χ4n) is 2.64. The summed E-state index contributed by atoms with van der Waals surface area (Å²) in [5.74, 6) is 0.677. The van der Waals surface area contributed by atoms with Crippen molar-refractivity contribution in [1.29, 1.82) is 0 Å². The molecule has 0 spiro atoms. The molecule has 1 saturated heterocycles. The third kappa shape index (κ3) is 2.76. The first-order valence-electron chi connectivity index (χ1n) is 6.71. The number of nitrogens with one attached hydrogen (secondary N) is 1. The average Bonchev–Trinajstić information content (AvgIpc) is 3.10. The normalized spacial score (nSPS) is 18.2. The van der Waals surface area contributed by atoms with E-state index in [-0.39, 0.29) is 17.8 Å². The third-order valence-corrected chi connectivity index (χ3v) is 4.37. The smallest absolute Gasteiger partial charge is 0.294 e. The van der Waals surface area contributed by atoms with E-state index in [4.69, 9.17) is 23.2 Å². The van der Waals surface area contributed by atoms with Gasteiger partial charge in [-0.1, -0.05) is 29.3 Å². The Kier molecular flexibility index (Phi) is 3.87. The highest BCUT2D eigenvalue weighted by atomic mass is 35.5. The summed E-state index contributed by atoms with van der Waals surface area (Å²) in [6.45, 7) is 2.46. The number of rotatable bonds is 2. The summed E-state index contributed by atoms with van der Waals surface area (Å²) >= 11 is 12.0. The number of carbonyl (C=O) groups is 1. The summed E-state index contributed by atoms with van der Waals surface area (Å²) in [7, 11) is 0. The molecule has 1 aromatic heterocycles. The van der Waals surface area contributed by atoms with Gasteiger partial charge in [-0.2, -0.15) is 0 Å². The first-order valence-corrected chi connectivity index (χ1v) is 7.47. The minimum absolute atomic E-state index is 0.00827. The molecule has 1 aromatic carbocycles. The lowest BCUT2D eigenvalue weighted by Gasteiger charge is -2.24. The van der Waals surface area contributed by atoms with E-state index < -0.39 is 0 Å². The predicted molar refractivity (Wildman–Crippen MR) is 80.6 cm³/mol. The van der Waals surface area contributed by atoms with E-state index in [9.17, 15) is 4.79 Å². The first kappa shape index (κ1) is 14.4. The van der Waals surface area contributed by atoms with Gasteiger partial charge >= 0.3 is 0 Å². The molecule has 21 heavy (non-hydrogen) atoms. The van der Waals surface area contributed by atoms with Crippen LogP contribution in [-0.2, 0) is 0 Å². The second-order valence-corrected chi connectivity index (χ2v) is 5.89. The second kappa shape index (κ2) is 5.66. The fourth-order valence-corrected chi connectivity index (χ4v) is 2.95. The third-order valence-electron chi connectivity index (χ3n) is 3.63. The molecule has 2 heterocycles. The van der Waals surface area contributed by atoms with E-state index in [0.717, 1.165) is 18.4 Å². The monoisotopic (exact) mass is 324 g/mol. The van der Waals surface area contributed by atoms with E-state index in [0.29, 0.717) is 22.4 Å². The summed E-state index contributed by atoms with van der Waals surface area (Å²) in [5.41, 5.74) is 0.988. The number of nitrogens with zero attached hydrogens (tertiary/aromatic N) is 3. The molecular weight excluding hydrogens is 311 g/mol. The van der Waals surface area contributed by atoms with Gasteiger partial charge in [-0.05, 0) is 37.5 Å². The van der Waals surface area contributed by atoms with Crippen LogP contribution in [0.1, 0.15) is 40.9 Å². The van der Waals surface area contributed by atoms with E-state index in [2.05, 4.69) is 15.2 Å². The molecular formula is C14H14Cl2N4O. The zero-order valence-electron chi connectivity index (χ0n) is 11.4. The fraction of sp³-hybridized carbons (Fsp3) is 0.357. The Balaban J connectivity index is 1.88. The van der Waals surface area contributed by atoms with Gasteiger partial charge in [-0.25, -0.2) is 4.98 Å². The number of benzene rings is 1. The minimum Gasteiger partial charge on any atom is -0.329 e. The van der Waals surface area contributed by atoms with Crippen molar-refractivity contribution in [2.24, 2.45) is 0 Å². The van der Waals surface area contributed by atoms with Gasteiger partial charge in [0.2, 0.25) is 5.82 Å². The minimum atomic E-state index is -0.159. The largest absolute Gasteiger partial charge is 0.329 e. The zero-order valence-corrected chi connectivity index (χ0v) is 12.9. The van der Waals surface area contributed by atoms with E-state index >= 15 is 0 Å². The Labute approximate surface area is 132 Å². The lowest BCUT2D eigenvalue weighted by molar-refractivity contribution is 0.0723. The average molecular weight is 325 g/mol. The van der Waals surface area contributed by atoms with Crippen LogP contribution in [0.3, 0.4) is 0 Å². The van der Waals surface area contributed by atoms with Crippen LogP contribution in [0.2, 0.25) is 10.0 Å². The standard InChI is InChI=1S/C14H14Cl2N4O/c1-8-17-13(19-18-8)14(21)20-6-2-3-12(20)9-4-5-10(15)11(16)7-9/h4-5,7,12H,2-3,6H2,1H3,(H,17,18,19). The van der Waals surface area contributed by atoms with Crippen molar-refractivity contribution >= 4 is 29.1 Å². The van der Waals surface area contributed by atoms with Crippen LogP contribution < -0.4 is 0 Å². The Morgan fingerprint density at radius 3 is 2.86 bits per heavy atom. The van der Waals surface area contributed by atoms with Crippen molar-refractivity contribution in [2.75, 3.05) is 6.54 Å². The van der Waals surface area contributed by atoms with Crippen molar-refractivity contribution in [3.8, 4) is 0 Å². The molecule has 1 unspecified atom stereocenters. The molecule has 110 valence electrons. The SMILES string of the molecule is Cc1nc(C(=O)N2CCCC2c2ccc(Cl)c(Cl)c2)n[nH]1. The van der Waals surface area contributed by atoms with Gasteiger partial charge in [-0.3, -0.25) is 9.89 Å². The molecule has 0 bridgehead atoms.